The molecule has 1 rings (SSSR count). The van der Waals surface area contributed by atoms with Crippen LogP contribution in [0.5, 0.6) is 0 Å². The molecule has 0 radical (unpaired) electrons. The number of carbonyl (C=O) groups excluding carboxylic acids is 2. The van der Waals surface area contributed by atoms with Crippen molar-refractivity contribution in [3.05, 3.63) is 0 Å². The third kappa shape index (κ3) is 3.61. The van der Waals surface area contributed by atoms with E-state index >= 15 is 0 Å². The summed E-state index contributed by atoms with van der Waals surface area (Å²) in [5.41, 5.74) is 0. The number of rotatable bonds is 4. The number of hydrogen-bond acceptors (Lipinski definition) is 3. The number of methoxy groups -OCH3 is 1. The molecule has 0 aromatic rings. The van der Waals surface area contributed by atoms with Crippen molar-refractivity contribution in [2.75, 3.05) is 26.7 Å². The Hall–Kier alpha value is -1.26. The van der Waals surface area contributed by atoms with Gasteiger partial charge >= 0.3 is 12.0 Å². The summed E-state index contributed by atoms with van der Waals surface area (Å²) in [6, 6.07) is -0.0725. The van der Waals surface area contributed by atoms with Gasteiger partial charge in [0.15, 0.2) is 0 Å². The van der Waals surface area contributed by atoms with Crippen LogP contribution in [0.4, 0.5) is 4.79 Å². The van der Waals surface area contributed by atoms with Crippen molar-refractivity contribution in [3.63, 3.8) is 0 Å². The van der Waals surface area contributed by atoms with Gasteiger partial charge in [0.05, 0.1) is 13.0 Å². The minimum absolute atomic E-state index is 0.0725. The topological polar surface area (TPSA) is 58.6 Å². The smallest absolute Gasteiger partial charge is 0.317 e. The third-order valence-electron chi connectivity index (χ3n) is 3.21. The monoisotopic (exact) mass is 242 g/mol. The van der Waals surface area contributed by atoms with Gasteiger partial charge in [-0.3, -0.25) is 4.79 Å². The lowest BCUT2D eigenvalue weighted by molar-refractivity contribution is -0.145. The standard InChI is InChI=1S/C12H22N2O3/c1-4-5-6-13-12(16)14-7-9(2)10(8-14)11(15)17-3/h9-10H,4-8H2,1-3H3,(H,13,16). The van der Waals surface area contributed by atoms with Gasteiger partial charge in [0.25, 0.3) is 0 Å². The van der Waals surface area contributed by atoms with Crippen LogP contribution in [0.1, 0.15) is 26.7 Å². The first-order chi connectivity index (χ1) is 8.10. The average molecular weight is 242 g/mol. The molecule has 2 amide bonds. The molecule has 1 N–H and O–H groups in total. The maximum absolute atomic E-state index is 11.8. The molecule has 1 fully saturated rings. The Morgan fingerprint density at radius 2 is 2.12 bits per heavy atom. The van der Waals surface area contributed by atoms with E-state index < -0.39 is 0 Å². The van der Waals surface area contributed by atoms with E-state index in [0.717, 1.165) is 12.8 Å². The number of nitrogens with one attached hydrogen (secondary N) is 1. The van der Waals surface area contributed by atoms with Gasteiger partial charge in [-0.05, 0) is 12.3 Å². The number of unbranched alkanes of at least 4 members (excludes halogenated alkanes) is 1. The van der Waals surface area contributed by atoms with Crippen LogP contribution in [0.3, 0.4) is 0 Å². The average Bonchev–Trinajstić information content (AvgIpc) is 2.70. The Morgan fingerprint density at radius 1 is 1.41 bits per heavy atom. The molecule has 0 saturated carbocycles. The van der Waals surface area contributed by atoms with Gasteiger partial charge in [-0.2, -0.15) is 0 Å². The number of ether oxygens (including phenoxy) is 1. The second-order valence-corrected chi connectivity index (χ2v) is 4.60. The summed E-state index contributed by atoms with van der Waals surface area (Å²) in [7, 11) is 1.39. The maximum atomic E-state index is 11.8. The van der Waals surface area contributed by atoms with E-state index in [1.165, 1.54) is 7.11 Å². The van der Waals surface area contributed by atoms with Gasteiger partial charge in [0.1, 0.15) is 0 Å². The van der Waals surface area contributed by atoms with Gasteiger partial charge in [-0.1, -0.05) is 20.3 Å². The zero-order valence-corrected chi connectivity index (χ0v) is 10.9. The number of hydrogen-bond donors (Lipinski definition) is 1. The minimum Gasteiger partial charge on any atom is -0.469 e. The van der Waals surface area contributed by atoms with Gasteiger partial charge in [-0.25, -0.2) is 4.79 Å². The summed E-state index contributed by atoms with van der Waals surface area (Å²) < 4.78 is 4.73. The van der Waals surface area contributed by atoms with E-state index in [0.29, 0.717) is 19.6 Å². The Labute approximate surface area is 102 Å². The second-order valence-electron chi connectivity index (χ2n) is 4.60. The Bertz CT molecular complexity index is 281. The van der Waals surface area contributed by atoms with E-state index in [9.17, 15) is 9.59 Å². The van der Waals surface area contributed by atoms with E-state index in [1.54, 1.807) is 4.90 Å². The van der Waals surface area contributed by atoms with Crippen LogP contribution in [-0.2, 0) is 9.53 Å². The third-order valence-corrected chi connectivity index (χ3v) is 3.21. The fourth-order valence-electron chi connectivity index (χ4n) is 2.07. The lowest BCUT2D eigenvalue weighted by Gasteiger charge is -2.16. The fraction of sp³-hybridized carbons (Fsp3) is 0.833. The number of likely N-dealkylation sites (tertiary alicyclic amines) is 1. The summed E-state index contributed by atoms with van der Waals surface area (Å²) in [4.78, 5) is 25.0. The van der Waals surface area contributed by atoms with E-state index in [-0.39, 0.29) is 23.8 Å². The number of carbonyl (C=O) groups is 2. The first-order valence-corrected chi connectivity index (χ1v) is 6.20. The maximum Gasteiger partial charge on any atom is 0.317 e. The van der Waals surface area contributed by atoms with Crippen molar-refractivity contribution in [1.29, 1.82) is 0 Å². The highest BCUT2D eigenvalue weighted by molar-refractivity contribution is 5.78. The predicted molar refractivity (Wildman–Crippen MR) is 64.5 cm³/mol. The van der Waals surface area contributed by atoms with Gasteiger partial charge in [0.2, 0.25) is 0 Å². The second kappa shape index (κ2) is 6.47. The van der Waals surface area contributed by atoms with Crippen LogP contribution < -0.4 is 5.32 Å². The lowest BCUT2D eigenvalue weighted by Crippen LogP contribution is -2.39. The molecule has 17 heavy (non-hydrogen) atoms. The molecule has 0 aromatic carbocycles. The molecule has 2 unspecified atom stereocenters. The molecule has 0 bridgehead atoms. The van der Waals surface area contributed by atoms with E-state index in [2.05, 4.69) is 12.2 Å². The Balaban J connectivity index is 2.42. The molecule has 5 heteroatoms. The highest BCUT2D eigenvalue weighted by atomic mass is 16.5. The number of esters is 1. The van der Waals surface area contributed by atoms with Crippen molar-refractivity contribution >= 4 is 12.0 Å². The summed E-state index contributed by atoms with van der Waals surface area (Å²) >= 11 is 0. The zero-order chi connectivity index (χ0) is 12.8. The molecule has 2 atom stereocenters. The van der Waals surface area contributed by atoms with Crippen LogP contribution in [-0.4, -0.2) is 43.6 Å². The summed E-state index contributed by atoms with van der Waals surface area (Å²) in [6.45, 7) is 5.84. The van der Waals surface area contributed by atoms with Crippen LogP contribution in [0.2, 0.25) is 0 Å². The highest BCUT2D eigenvalue weighted by Crippen LogP contribution is 2.23. The zero-order valence-electron chi connectivity index (χ0n) is 10.9. The molecule has 1 saturated heterocycles. The summed E-state index contributed by atoms with van der Waals surface area (Å²) in [5, 5.41) is 2.86. The Kier molecular flexibility index (Phi) is 5.25. The van der Waals surface area contributed by atoms with Crippen molar-refractivity contribution in [3.8, 4) is 0 Å². The predicted octanol–water partition coefficient (Wildman–Crippen LogP) is 1.24. The quantitative estimate of drug-likeness (QED) is 0.596. The highest BCUT2D eigenvalue weighted by Gasteiger charge is 2.37. The molecular weight excluding hydrogens is 220 g/mol. The fourth-order valence-corrected chi connectivity index (χ4v) is 2.07. The van der Waals surface area contributed by atoms with Crippen LogP contribution >= 0.6 is 0 Å². The molecule has 5 nitrogen and oxygen atoms in total. The van der Waals surface area contributed by atoms with Gasteiger partial charge < -0.3 is 15.0 Å². The van der Waals surface area contributed by atoms with Gasteiger partial charge in [0, 0.05) is 19.6 Å². The molecule has 1 aliphatic rings. The summed E-state index contributed by atoms with van der Waals surface area (Å²) in [6.07, 6.45) is 2.04. The number of amides is 2. The normalized spacial score (nSPS) is 23.6. The molecule has 0 aromatic heterocycles. The van der Waals surface area contributed by atoms with Crippen LogP contribution in [0, 0.1) is 11.8 Å². The molecular formula is C12H22N2O3. The van der Waals surface area contributed by atoms with Gasteiger partial charge in [-0.15, -0.1) is 0 Å². The van der Waals surface area contributed by atoms with Crippen molar-refractivity contribution in [1.82, 2.24) is 10.2 Å². The molecule has 0 aliphatic carbocycles. The molecule has 1 heterocycles. The van der Waals surface area contributed by atoms with Crippen LogP contribution in [0.15, 0.2) is 0 Å². The minimum atomic E-state index is -0.221. The number of nitrogens with zero attached hydrogens (tertiary/aromatic N) is 1. The number of urea groups is 1. The first-order valence-electron chi connectivity index (χ1n) is 6.20. The largest absolute Gasteiger partial charge is 0.469 e. The van der Waals surface area contributed by atoms with Crippen molar-refractivity contribution in [2.24, 2.45) is 11.8 Å². The van der Waals surface area contributed by atoms with Crippen molar-refractivity contribution < 1.29 is 14.3 Å². The van der Waals surface area contributed by atoms with Crippen molar-refractivity contribution in [2.45, 2.75) is 26.7 Å². The summed E-state index contributed by atoms with van der Waals surface area (Å²) in [5.74, 6) is -0.238. The molecule has 0 spiro atoms. The SMILES string of the molecule is CCCCNC(=O)N1CC(C)C(C(=O)OC)C1. The van der Waals surface area contributed by atoms with Crippen LogP contribution in [0.25, 0.3) is 0 Å². The van der Waals surface area contributed by atoms with E-state index in [4.69, 9.17) is 4.74 Å². The molecule has 98 valence electrons. The lowest BCUT2D eigenvalue weighted by atomic mass is 9.99. The molecule has 1 aliphatic heterocycles. The Morgan fingerprint density at radius 3 is 2.71 bits per heavy atom. The van der Waals surface area contributed by atoms with E-state index in [1.807, 2.05) is 6.92 Å². The first kappa shape index (κ1) is 13.8.